The van der Waals surface area contributed by atoms with E-state index in [1.165, 1.54) is 6.92 Å². The van der Waals surface area contributed by atoms with Gasteiger partial charge in [0.05, 0.1) is 18.3 Å². The van der Waals surface area contributed by atoms with Crippen molar-refractivity contribution in [3.05, 3.63) is 12.2 Å². The highest BCUT2D eigenvalue weighted by Gasteiger charge is 2.68. The molecule has 4 aliphatic carbocycles. The van der Waals surface area contributed by atoms with Crippen molar-refractivity contribution in [2.75, 3.05) is 0 Å². The molecule has 4 N–H and O–H groups in total. The number of carbonyl (C=O) groups is 1. The maximum Gasteiger partial charge on any atom is 0.161 e. The molecule has 4 aliphatic rings. The minimum Gasteiger partial charge on any atom is -0.390 e. The first-order valence-electron chi connectivity index (χ1n) is 10.0. The molecule has 0 aromatic rings. The van der Waals surface area contributed by atoms with Gasteiger partial charge in [-0.2, -0.15) is 0 Å². The van der Waals surface area contributed by atoms with E-state index in [0.29, 0.717) is 19.3 Å². The Hall–Kier alpha value is -0.750. The second-order valence-electron chi connectivity index (χ2n) is 9.82. The van der Waals surface area contributed by atoms with Crippen molar-refractivity contribution in [2.45, 2.75) is 76.8 Å². The summed E-state index contributed by atoms with van der Waals surface area (Å²) in [5.41, 5.74) is -2.16. The maximum absolute atomic E-state index is 12.3. The Morgan fingerprint density at radius 2 is 1.65 bits per heavy atom. The van der Waals surface area contributed by atoms with Gasteiger partial charge in [-0.25, -0.2) is 0 Å². The molecule has 0 amide bonds. The zero-order chi connectivity index (χ0) is 19.1. The monoisotopic (exact) mass is 364 g/mol. The van der Waals surface area contributed by atoms with Crippen molar-refractivity contribution >= 4 is 5.78 Å². The number of allylic oxidation sites excluding steroid dienone is 1. The molecule has 0 spiro atoms. The van der Waals surface area contributed by atoms with Crippen molar-refractivity contribution in [1.82, 2.24) is 0 Å². The van der Waals surface area contributed by atoms with Gasteiger partial charge in [0.25, 0.3) is 0 Å². The molecular formula is C21H32O5. The van der Waals surface area contributed by atoms with Crippen LogP contribution in [0.25, 0.3) is 0 Å². The van der Waals surface area contributed by atoms with E-state index >= 15 is 0 Å². The van der Waals surface area contributed by atoms with Crippen LogP contribution >= 0.6 is 0 Å². The van der Waals surface area contributed by atoms with Crippen LogP contribution in [0, 0.1) is 34.5 Å². The number of Topliss-reactive ketones (excluding diaryl/α,β-unsaturated/α-hetero) is 1. The molecule has 4 rings (SSSR count). The molecule has 0 aliphatic heterocycles. The van der Waals surface area contributed by atoms with E-state index in [9.17, 15) is 25.2 Å². The van der Waals surface area contributed by atoms with E-state index < -0.39 is 29.3 Å². The lowest BCUT2D eigenvalue weighted by Crippen LogP contribution is -2.65. The Morgan fingerprint density at radius 3 is 2.31 bits per heavy atom. The first-order chi connectivity index (χ1) is 12.1. The molecule has 0 aromatic heterocycles. The highest BCUT2D eigenvalue weighted by atomic mass is 16.3. The van der Waals surface area contributed by atoms with Crippen molar-refractivity contribution in [3.63, 3.8) is 0 Å². The number of aliphatic hydroxyl groups is 4. The average Bonchev–Trinajstić information content (AvgIpc) is 2.87. The summed E-state index contributed by atoms with van der Waals surface area (Å²) in [5, 5.41) is 43.2. The van der Waals surface area contributed by atoms with Gasteiger partial charge in [0.1, 0.15) is 5.60 Å². The third-order valence-electron chi connectivity index (χ3n) is 8.99. The van der Waals surface area contributed by atoms with Crippen LogP contribution in [-0.4, -0.2) is 50.1 Å². The molecule has 0 saturated heterocycles. The van der Waals surface area contributed by atoms with Crippen molar-refractivity contribution in [2.24, 2.45) is 34.5 Å². The predicted octanol–water partition coefficient (Wildman–Crippen LogP) is 1.43. The second kappa shape index (κ2) is 5.63. The molecule has 10 atom stereocenters. The largest absolute Gasteiger partial charge is 0.390 e. The maximum atomic E-state index is 12.3. The number of fused-ring (bicyclic) bond motifs is 5. The number of rotatable bonds is 1. The lowest BCUT2D eigenvalue weighted by molar-refractivity contribution is -0.210. The summed E-state index contributed by atoms with van der Waals surface area (Å²) in [6.07, 6.45) is 4.68. The summed E-state index contributed by atoms with van der Waals surface area (Å²) < 4.78 is 0. The molecule has 0 bridgehead atoms. The summed E-state index contributed by atoms with van der Waals surface area (Å²) in [7, 11) is 0. The minimum atomic E-state index is -1.33. The normalized spacial score (nSPS) is 58.7. The van der Waals surface area contributed by atoms with Crippen LogP contribution in [0.3, 0.4) is 0 Å². The number of hydrogen-bond acceptors (Lipinski definition) is 5. The van der Waals surface area contributed by atoms with Crippen LogP contribution in [0.15, 0.2) is 12.2 Å². The van der Waals surface area contributed by atoms with Gasteiger partial charge in [0.15, 0.2) is 5.78 Å². The van der Waals surface area contributed by atoms with Gasteiger partial charge in [0, 0.05) is 5.41 Å². The quantitative estimate of drug-likeness (QED) is 0.528. The van der Waals surface area contributed by atoms with Crippen LogP contribution < -0.4 is 0 Å². The number of ketones is 1. The number of aliphatic hydroxyl groups excluding tert-OH is 3. The molecule has 0 radical (unpaired) electrons. The first kappa shape index (κ1) is 18.6. The zero-order valence-corrected chi connectivity index (χ0v) is 15.9. The van der Waals surface area contributed by atoms with Gasteiger partial charge >= 0.3 is 0 Å². The van der Waals surface area contributed by atoms with Crippen LogP contribution in [0.4, 0.5) is 0 Å². The Balaban J connectivity index is 1.77. The van der Waals surface area contributed by atoms with Crippen LogP contribution in [0.2, 0.25) is 0 Å². The molecular weight excluding hydrogens is 332 g/mol. The molecule has 146 valence electrons. The van der Waals surface area contributed by atoms with Gasteiger partial charge < -0.3 is 20.4 Å². The highest BCUT2D eigenvalue weighted by Crippen LogP contribution is 2.67. The first-order valence-corrected chi connectivity index (χ1v) is 10.0. The predicted molar refractivity (Wildman–Crippen MR) is 96.1 cm³/mol. The van der Waals surface area contributed by atoms with E-state index in [2.05, 4.69) is 6.92 Å². The lowest BCUT2D eigenvalue weighted by atomic mass is 9.44. The van der Waals surface area contributed by atoms with Crippen molar-refractivity contribution < 1.29 is 25.2 Å². The molecule has 0 aromatic carbocycles. The third-order valence-corrected chi connectivity index (χ3v) is 8.99. The summed E-state index contributed by atoms with van der Waals surface area (Å²) in [5.74, 6) is -0.300. The zero-order valence-electron chi connectivity index (χ0n) is 15.9. The fraction of sp³-hybridized carbons (Fsp3) is 0.857. The number of carbonyl (C=O) groups excluding carboxylic acids is 1. The van der Waals surface area contributed by atoms with Crippen LogP contribution in [0.5, 0.6) is 0 Å². The Bertz CT molecular complexity index is 646. The van der Waals surface area contributed by atoms with E-state index in [-0.39, 0.29) is 34.9 Å². The Morgan fingerprint density at radius 1 is 1.00 bits per heavy atom. The van der Waals surface area contributed by atoms with E-state index in [1.807, 2.05) is 19.1 Å². The smallest absolute Gasteiger partial charge is 0.161 e. The summed E-state index contributed by atoms with van der Waals surface area (Å²) in [6, 6.07) is 0. The van der Waals surface area contributed by atoms with Gasteiger partial charge in [0.2, 0.25) is 0 Å². The summed E-state index contributed by atoms with van der Waals surface area (Å²) >= 11 is 0. The fourth-order valence-electron chi connectivity index (χ4n) is 7.40. The van der Waals surface area contributed by atoms with Gasteiger partial charge in [-0.15, -0.1) is 0 Å². The summed E-state index contributed by atoms with van der Waals surface area (Å²) in [4.78, 5) is 12.3. The minimum absolute atomic E-state index is 0.0119. The van der Waals surface area contributed by atoms with Gasteiger partial charge in [-0.3, -0.25) is 4.79 Å². The van der Waals surface area contributed by atoms with E-state index in [1.54, 1.807) is 0 Å². The molecule has 5 nitrogen and oxygen atoms in total. The van der Waals surface area contributed by atoms with E-state index in [0.717, 1.165) is 12.8 Å². The van der Waals surface area contributed by atoms with Gasteiger partial charge in [-0.05, 0) is 68.1 Å². The topological polar surface area (TPSA) is 98.0 Å². The Labute approximate surface area is 155 Å². The SMILES string of the molecule is CC(=O)[C@@]1(O)CC[C@H]2[C@@H]3[C@H](O)[C@H](O)C4C[C@H](O)C=C[C@]4(C)[C@H]3CC[C@@]21C. The fourth-order valence-corrected chi connectivity index (χ4v) is 7.40. The highest BCUT2D eigenvalue weighted by molar-refractivity contribution is 5.86. The molecule has 0 heterocycles. The second-order valence-corrected chi connectivity index (χ2v) is 9.82. The molecule has 26 heavy (non-hydrogen) atoms. The van der Waals surface area contributed by atoms with Crippen LogP contribution in [-0.2, 0) is 4.79 Å². The lowest BCUT2D eigenvalue weighted by Gasteiger charge is -2.62. The Kier molecular flexibility index (Phi) is 4.03. The standard InChI is InChI=1S/C21H32O5/c1-11(22)21(26)9-6-14-16-13(5-8-20(14,21)3)19(2)7-4-12(23)10-15(19)17(24)18(16)25/h4,7,12-18,23-26H,5-6,8-10H2,1-3H3/t12-,13+,14+,15?,16-,17-,18+,19-,20+,21+/m1/s1. The van der Waals surface area contributed by atoms with Gasteiger partial charge in [-0.1, -0.05) is 26.0 Å². The molecule has 5 heteroatoms. The molecule has 3 saturated carbocycles. The number of hydrogen-bond donors (Lipinski definition) is 4. The van der Waals surface area contributed by atoms with E-state index in [4.69, 9.17) is 0 Å². The van der Waals surface area contributed by atoms with Crippen molar-refractivity contribution in [3.8, 4) is 0 Å². The molecule has 3 fully saturated rings. The van der Waals surface area contributed by atoms with Crippen LogP contribution in [0.1, 0.15) is 52.9 Å². The van der Waals surface area contributed by atoms with Crippen molar-refractivity contribution in [1.29, 1.82) is 0 Å². The summed E-state index contributed by atoms with van der Waals surface area (Å²) in [6.45, 7) is 5.60. The average molecular weight is 364 g/mol. The molecule has 1 unspecified atom stereocenters. The third kappa shape index (κ3) is 2.09.